The Labute approximate surface area is 197 Å². The zero-order valence-electron chi connectivity index (χ0n) is 18.5. The van der Waals surface area contributed by atoms with Crippen molar-refractivity contribution in [2.24, 2.45) is 16.8 Å². The first-order chi connectivity index (χ1) is 14.1. The fourth-order valence-electron chi connectivity index (χ4n) is 5.02. The third kappa shape index (κ3) is 5.15. The van der Waals surface area contributed by atoms with E-state index in [0.29, 0.717) is 6.79 Å². The molecular weight excluding hydrogens is 493 g/mol. The fourth-order valence-corrected chi connectivity index (χ4v) is 5.02. The molecule has 3 heterocycles. The highest BCUT2D eigenvalue weighted by Gasteiger charge is 2.36. The molecule has 1 N–H and O–H groups in total. The molecule has 1 unspecified atom stereocenters. The normalized spacial score (nSPS) is 22.9. The number of ether oxygens (including phenoxy) is 3. The molecule has 2 fully saturated rings. The molecule has 0 radical (unpaired) electrons. The topological polar surface area (TPSA) is 55.3 Å². The van der Waals surface area contributed by atoms with Crippen LogP contribution in [0.1, 0.15) is 45.1 Å². The predicted octanol–water partition coefficient (Wildman–Crippen LogP) is 4.02. The first kappa shape index (κ1) is 23.4. The van der Waals surface area contributed by atoms with E-state index >= 15 is 0 Å². The minimum Gasteiger partial charge on any atom is -0.454 e. The molecule has 168 valence electrons. The average Bonchev–Trinajstić information content (AvgIpc) is 3.37. The summed E-state index contributed by atoms with van der Waals surface area (Å²) in [6.45, 7) is 9.57. The van der Waals surface area contributed by atoms with E-state index in [-0.39, 0.29) is 29.4 Å². The molecule has 2 saturated heterocycles. The number of hydrogen-bond donors (Lipinski definition) is 1. The van der Waals surface area contributed by atoms with Crippen molar-refractivity contribution in [3.05, 3.63) is 23.8 Å². The molecule has 0 bridgehead atoms. The van der Waals surface area contributed by atoms with Gasteiger partial charge in [0.15, 0.2) is 17.5 Å². The van der Waals surface area contributed by atoms with Gasteiger partial charge in [-0.2, -0.15) is 0 Å². The Kier molecular flexibility index (Phi) is 8.12. The number of halogens is 1. The van der Waals surface area contributed by atoms with Gasteiger partial charge in [-0.3, -0.25) is 4.99 Å². The number of fused-ring (bicyclic) bond motifs is 1. The van der Waals surface area contributed by atoms with Crippen LogP contribution in [0.25, 0.3) is 0 Å². The molecule has 0 aliphatic carbocycles. The molecule has 4 rings (SSSR count). The molecular formula is C23H36IN3O3. The van der Waals surface area contributed by atoms with Crippen LogP contribution in [0.4, 0.5) is 0 Å². The maximum absolute atomic E-state index is 5.70. The second-order valence-corrected chi connectivity index (χ2v) is 9.09. The number of nitrogens with zero attached hydrogens (tertiary/aromatic N) is 2. The first-order valence-electron chi connectivity index (χ1n) is 11.0. The zero-order chi connectivity index (χ0) is 20.3. The van der Waals surface area contributed by atoms with E-state index in [1.807, 2.05) is 13.1 Å². The zero-order valence-corrected chi connectivity index (χ0v) is 20.8. The number of likely N-dealkylation sites (tertiary alicyclic amines) is 1. The van der Waals surface area contributed by atoms with Gasteiger partial charge in [-0.05, 0) is 55.2 Å². The molecule has 1 atom stereocenters. The summed E-state index contributed by atoms with van der Waals surface area (Å²) in [4.78, 5) is 7.04. The van der Waals surface area contributed by atoms with Gasteiger partial charge in [0.1, 0.15) is 0 Å². The lowest BCUT2D eigenvalue weighted by atomic mass is 9.74. The summed E-state index contributed by atoms with van der Waals surface area (Å²) in [5.41, 5.74) is 1.32. The highest BCUT2D eigenvalue weighted by atomic mass is 127. The van der Waals surface area contributed by atoms with Crippen LogP contribution in [0.2, 0.25) is 0 Å². The fraction of sp³-hybridized carbons (Fsp3) is 0.696. The second-order valence-electron chi connectivity index (χ2n) is 9.09. The van der Waals surface area contributed by atoms with Crippen molar-refractivity contribution in [3.63, 3.8) is 0 Å². The molecule has 7 heteroatoms. The Morgan fingerprint density at radius 1 is 1.23 bits per heavy atom. The second kappa shape index (κ2) is 10.4. The third-order valence-corrected chi connectivity index (χ3v) is 6.62. The molecule has 0 amide bonds. The van der Waals surface area contributed by atoms with Crippen molar-refractivity contribution >= 4 is 29.9 Å². The van der Waals surface area contributed by atoms with Crippen LogP contribution in [-0.2, 0) is 10.2 Å². The summed E-state index contributed by atoms with van der Waals surface area (Å²) in [7, 11) is 1.90. The van der Waals surface area contributed by atoms with Crippen LogP contribution < -0.4 is 14.8 Å². The van der Waals surface area contributed by atoms with Crippen LogP contribution >= 0.6 is 24.0 Å². The molecule has 1 aromatic carbocycles. The van der Waals surface area contributed by atoms with Gasteiger partial charge in [-0.25, -0.2) is 0 Å². The summed E-state index contributed by atoms with van der Waals surface area (Å²) in [6, 6.07) is 6.39. The SMILES string of the molecule is CN=C(NCC1(c2ccc3c(c2)OCO3)CCOCC1)N1CCC(CC(C)C)C1.I. The van der Waals surface area contributed by atoms with Crippen molar-refractivity contribution < 1.29 is 14.2 Å². The molecule has 0 aromatic heterocycles. The third-order valence-electron chi connectivity index (χ3n) is 6.62. The van der Waals surface area contributed by atoms with Gasteiger partial charge in [-0.15, -0.1) is 24.0 Å². The quantitative estimate of drug-likeness (QED) is 0.355. The number of guanidine groups is 1. The Balaban J connectivity index is 0.00000256. The number of aliphatic imine (C=N–C) groups is 1. The van der Waals surface area contributed by atoms with Crippen LogP contribution in [0.3, 0.4) is 0 Å². The molecule has 0 saturated carbocycles. The Hall–Kier alpha value is -1.22. The minimum atomic E-state index is 0. The minimum absolute atomic E-state index is 0. The number of rotatable bonds is 5. The summed E-state index contributed by atoms with van der Waals surface area (Å²) >= 11 is 0. The number of nitrogens with one attached hydrogen (secondary N) is 1. The van der Waals surface area contributed by atoms with Crippen molar-refractivity contribution in [3.8, 4) is 11.5 Å². The van der Waals surface area contributed by atoms with Crippen LogP contribution in [0, 0.1) is 11.8 Å². The van der Waals surface area contributed by atoms with Crippen molar-refractivity contribution in [2.75, 3.05) is 46.7 Å². The van der Waals surface area contributed by atoms with Crippen molar-refractivity contribution in [2.45, 2.75) is 44.9 Å². The Morgan fingerprint density at radius 2 is 2.00 bits per heavy atom. The number of hydrogen-bond acceptors (Lipinski definition) is 4. The smallest absolute Gasteiger partial charge is 0.231 e. The van der Waals surface area contributed by atoms with E-state index in [4.69, 9.17) is 14.2 Å². The van der Waals surface area contributed by atoms with E-state index in [9.17, 15) is 0 Å². The van der Waals surface area contributed by atoms with Crippen molar-refractivity contribution in [1.82, 2.24) is 10.2 Å². The monoisotopic (exact) mass is 529 g/mol. The standard InChI is InChI=1S/C23H35N3O3.HI/c1-17(2)12-18-6-9-26(14-18)22(24-3)25-15-23(7-10-27-11-8-23)19-4-5-20-21(13-19)29-16-28-20;/h4-5,13,17-18H,6-12,14-16H2,1-3H3,(H,24,25);1H. The highest BCUT2D eigenvalue weighted by Crippen LogP contribution is 2.40. The number of benzene rings is 1. The molecule has 0 spiro atoms. The summed E-state index contributed by atoms with van der Waals surface area (Å²) in [6.07, 6.45) is 4.55. The predicted molar refractivity (Wildman–Crippen MR) is 130 cm³/mol. The molecule has 6 nitrogen and oxygen atoms in total. The van der Waals surface area contributed by atoms with Gasteiger partial charge in [0.2, 0.25) is 6.79 Å². The maximum atomic E-state index is 5.70. The van der Waals surface area contributed by atoms with Gasteiger partial charge in [-0.1, -0.05) is 19.9 Å². The van der Waals surface area contributed by atoms with E-state index < -0.39 is 0 Å². The van der Waals surface area contributed by atoms with Crippen LogP contribution in [0.15, 0.2) is 23.2 Å². The first-order valence-corrected chi connectivity index (χ1v) is 11.0. The average molecular weight is 529 g/mol. The Bertz CT molecular complexity index is 734. The Morgan fingerprint density at radius 3 is 2.73 bits per heavy atom. The maximum Gasteiger partial charge on any atom is 0.231 e. The van der Waals surface area contributed by atoms with Crippen molar-refractivity contribution in [1.29, 1.82) is 0 Å². The summed E-state index contributed by atoms with van der Waals surface area (Å²) in [5, 5.41) is 3.71. The lowest BCUT2D eigenvalue weighted by Gasteiger charge is -2.39. The molecule has 3 aliphatic rings. The van der Waals surface area contributed by atoms with E-state index in [0.717, 1.165) is 75.0 Å². The van der Waals surface area contributed by atoms with Gasteiger partial charge in [0.05, 0.1) is 0 Å². The lowest BCUT2D eigenvalue weighted by molar-refractivity contribution is 0.0511. The van der Waals surface area contributed by atoms with Gasteiger partial charge in [0.25, 0.3) is 0 Å². The molecule has 30 heavy (non-hydrogen) atoms. The van der Waals surface area contributed by atoms with E-state index in [1.54, 1.807) is 0 Å². The van der Waals surface area contributed by atoms with Gasteiger partial charge >= 0.3 is 0 Å². The summed E-state index contributed by atoms with van der Waals surface area (Å²) in [5.74, 6) is 4.26. The van der Waals surface area contributed by atoms with E-state index in [2.05, 4.69) is 41.2 Å². The molecule has 3 aliphatic heterocycles. The molecule has 1 aromatic rings. The summed E-state index contributed by atoms with van der Waals surface area (Å²) < 4.78 is 16.8. The van der Waals surface area contributed by atoms with Gasteiger partial charge < -0.3 is 24.4 Å². The van der Waals surface area contributed by atoms with Crippen LogP contribution in [-0.4, -0.2) is 57.5 Å². The van der Waals surface area contributed by atoms with Crippen LogP contribution in [0.5, 0.6) is 11.5 Å². The highest BCUT2D eigenvalue weighted by molar-refractivity contribution is 14.0. The van der Waals surface area contributed by atoms with Gasteiger partial charge in [0, 0.05) is 45.3 Å². The lowest BCUT2D eigenvalue weighted by Crippen LogP contribution is -2.48. The largest absolute Gasteiger partial charge is 0.454 e. The van der Waals surface area contributed by atoms with E-state index in [1.165, 1.54) is 18.4 Å².